The van der Waals surface area contributed by atoms with Gasteiger partial charge in [0.25, 0.3) is 0 Å². The lowest BCUT2D eigenvalue weighted by molar-refractivity contribution is 0.0844. The minimum atomic E-state index is 0.0725. The van der Waals surface area contributed by atoms with Gasteiger partial charge in [0.1, 0.15) is 5.69 Å². The maximum absolute atomic E-state index is 11.3. The number of nitrogens with zero attached hydrogens (tertiary/aromatic N) is 2. The zero-order valence-corrected chi connectivity index (χ0v) is 9.19. The van der Waals surface area contributed by atoms with Crippen LogP contribution in [0.4, 0.5) is 0 Å². The van der Waals surface area contributed by atoms with E-state index < -0.39 is 0 Å². The van der Waals surface area contributed by atoms with Crippen LogP contribution in [-0.4, -0.2) is 28.8 Å². The van der Waals surface area contributed by atoms with Crippen LogP contribution in [0.25, 0.3) is 0 Å². The lowest BCUT2D eigenvalue weighted by atomic mass is 9.96. The van der Waals surface area contributed by atoms with Crippen LogP contribution in [0.1, 0.15) is 41.9 Å². The Balaban J connectivity index is 2.21. The normalized spacial score (nSPS) is 18.0. The van der Waals surface area contributed by atoms with E-state index in [1.165, 1.54) is 0 Å². The maximum atomic E-state index is 11.3. The van der Waals surface area contributed by atoms with Crippen molar-refractivity contribution in [2.75, 3.05) is 13.2 Å². The standard InChI is InChI=1S/C11H16N2O2/c1-8(14)11-7-10(12-13(11)2)9-3-5-15-6-4-9/h7,9H,3-6H2,1-2H3. The second kappa shape index (κ2) is 4.14. The molecule has 1 aliphatic heterocycles. The molecule has 0 bridgehead atoms. The molecule has 1 aromatic rings. The van der Waals surface area contributed by atoms with Gasteiger partial charge in [0.05, 0.1) is 5.69 Å². The average molecular weight is 208 g/mol. The van der Waals surface area contributed by atoms with Crippen molar-refractivity contribution in [3.05, 3.63) is 17.5 Å². The van der Waals surface area contributed by atoms with Gasteiger partial charge in [-0.05, 0) is 18.9 Å². The molecule has 1 fully saturated rings. The van der Waals surface area contributed by atoms with Crippen LogP contribution in [0.3, 0.4) is 0 Å². The summed E-state index contributed by atoms with van der Waals surface area (Å²) in [4.78, 5) is 11.3. The maximum Gasteiger partial charge on any atom is 0.177 e. The smallest absolute Gasteiger partial charge is 0.177 e. The van der Waals surface area contributed by atoms with Gasteiger partial charge in [0, 0.05) is 33.1 Å². The Hall–Kier alpha value is -1.16. The number of hydrogen-bond donors (Lipinski definition) is 0. The molecule has 0 spiro atoms. The van der Waals surface area contributed by atoms with E-state index >= 15 is 0 Å². The van der Waals surface area contributed by atoms with E-state index in [2.05, 4.69) is 5.10 Å². The number of ketones is 1. The van der Waals surface area contributed by atoms with E-state index in [1.807, 2.05) is 13.1 Å². The Kier molecular flexibility index (Phi) is 2.86. The monoisotopic (exact) mass is 208 g/mol. The van der Waals surface area contributed by atoms with Crippen LogP contribution in [0.15, 0.2) is 6.07 Å². The largest absolute Gasteiger partial charge is 0.381 e. The molecule has 0 atom stereocenters. The number of Topliss-reactive ketones (excluding diaryl/α,β-unsaturated/α-hetero) is 1. The molecule has 1 aliphatic rings. The molecule has 0 aliphatic carbocycles. The lowest BCUT2D eigenvalue weighted by Crippen LogP contribution is -2.14. The molecule has 2 rings (SSSR count). The fourth-order valence-corrected chi connectivity index (χ4v) is 2.01. The van der Waals surface area contributed by atoms with E-state index in [9.17, 15) is 4.79 Å². The molecular formula is C11H16N2O2. The molecule has 0 saturated carbocycles. The first-order valence-corrected chi connectivity index (χ1v) is 5.31. The number of aryl methyl sites for hydroxylation is 1. The molecule has 1 saturated heterocycles. The third-order valence-corrected chi connectivity index (χ3v) is 2.90. The van der Waals surface area contributed by atoms with Crippen molar-refractivity contribution < 1.29 is 9.53 Å². The van der Waals surface area contributed by atoms with Crippen molar-refractivity contribution in [2.24, 2.45) is 7.05 Å². The lowest BCUT2D eigenvalue weighted by Gasteiger charge is -2.19. The topological polar surface area (TPSA) is 44.1 Å². The Morgan fingerprint density at radius 1 is 1.53 bits per heavy atom. The van der Waals surface area contributed by atoms with Crippen molar-refractivity contribution in [3.8, 4) is 0 Å². The number of aromatic nitrogens is 2. The van der Waals surface area contributed by atoms with E-state index in [0.717, 1.165) is 31.7 Å². The number of carbonyl (C=O) groups excluding carboxylic acids is 1. The minimum absolute atomic E-state index is 0.0725. The Labute approximate surface area is 89.2 Å². The Bertz CT molecular complexity index is 365. The highest BCUT2D eigenvalue weighted by Gasteiger charge is 2.20. The van der Waals surface area contributed by atoms with Gasteiger partial charge >= 0.3 is 0 Å². The fraction of sp³-hybridized carbons (Fsp3) is 0.636. The van der Waals surface area contributed by atoms with Crippen LogP contribution in [0.5, 0.6) is 0 Å². The molecule has 0 N–H and O–H groups in total. The Morgan fingerprint density at radius 3 is 2.73 bits per heavy atom. The zero-order chi connectivity index (χ0) is 10.8. The summed E-state index contributed by atoms with van der Waals surface area (Å²) in [5.41, 5.74) is 1.72. The number of ether oxygens (including phenoxy) is 1. The highest BCUT2D eigenvalue weighted by molar-refractivity contribution is 5.92. The Morgan fingerprint density at radius 2 is 2.20 bits per heavy atom. The van der Waals surface area contributed by atoms with E-state index in [0.29, 0.717) is 11.6 Å². The number of rotatable bonds is 2. The number of hydrogen-bond acceptors (Lipinski definition) is 3. The third-order valence-electron chi connectivity index (χ3n) is 2.90. The molecule has 0 radical (unpaired) electrons. The number of carbonyl (C=O) groups is 1. The predicted molar refractivity (Wildman–Crippen MR) is 56.0 cm³/mol. The fourth-order valence-electron chi connectivity index (χ4n) is 2.01. The van der Waals surface area contributed by atoms with E-state index in [-0.39, 0.29) is 5.78 Å². The first kappa shape index (κ1) is 10.4. The first-order chi connectivity index (χ1) is 7.18. The van der Waals surface area contributed by atoms with Crippen LogP contribution in [0, 0.1) is 0 Å². The molecule has 0 amide bonds. The van der Waals surface area contributed by atoms with Gasteiger partial charge in [0.2, 0.25) is 0 Å². The van der Waals surface area contributed by atoms with Gasteiger partial charge in [-0.25, -0.2) is 0 Å². The summed E-state index contributed by atoms with van der Waals surface area (Å²) in [5, 5.41) is 4.40. The zero-order valence-electron chi connectivity index (χ0n) is 9.19. The van der Waals surface area contributed by atoms with Crippen molar-refractivity contribution in [3.63, 3.8) is 0 Å². The van der Waals surface area contributed by atoms with Crippen molar-refractivity contribution in [2.45, 2.75) is 25.7 Å². The molecule has 1 aromatic heterocycles. The molecule has 0 unspecified atom stereocenters. The summed E-state index contributed by atoms with van der Waals surface area (Å²) in [6.07, 6.45) is 2.02. The van der Waals surface area contributed by atoms with Gasteiger partial charge in [-0.2, -0.15) is 5.10 Å². The predicted octanol–water partition coefficient (Wildman–Crippen LogP) is 1.52. The van der Waals surface area contributed by atoms with E-state index in [1.54, 1.807) is 11.6 Å². The highest BCUT2D eigenvalue weighted by atomic mass is 16.5. The summed E-state index contributed by atoms with van der Waals surface area (Å²) >= 11 is 0. The van der Waals surface area contributed by atoms with Gasteiger partial charge < -0.3 is 4.74 Å². The molecule has 82 valence electrons. The van der Waals surface area contributed by atoms with Gasteiger partial charge in [-0.15, -0.1) is 0 Å². The van der Waals surface area contributed by atoms with Crippen LogP contribution >= 0.6 is 0 Å². The molecule has 4 nitrogen and oxygen atoms in total. The summed E-state index contributed by atoms with van der Waals surface area (Å²) in [5.74, 6) is 0.529. The quantitative estimate of drug-likeness (QED) is 0.692. The summed E-state index contributed by atoms with van der Waals surface area (Å²) in [6, 6.07) is 1.92. The average Bonchev–Trinajstić information content (AvgIpc) is 2.62. The summed E-state index contributed by atoms with van der Waals surface area (Å²) in [7, 11) is 1.82. The summed E-state index contributed by atoms with van der Waals surface area (Å²) in [6.45, 7) is 3.18. The summed E-state index contributed by atoms with van der Waals surface area (Å²) < 4.78 is 6.98. The van der Waals surface area contributed by atoms with Crippen molar-refractivity contribution >= 4 is 5.78 Å². The second-order valence-electron chi connectivity index (χ2n) is 4.02. The molecule has 4 heteroatoms. The van der Waals surface area contributed by atoms with Crippen molar-refractivity contribution in [1.29, 1.82) is 0 Å². The molecule has 15 heavy (non-hydrogen) atoms. The molecular weight excluding hydrogens is 192 g/mol. The van der Waals surface area contributed by atoms with Gasteiger partial charge in [0.15, 0.2) is 5.78 Å². The second-order valence-corrected chi connectivity index (χ2v) is 4.02. The van der Waals surface area contributed by atoms with Crippen LogP contribution < -0.4 is 0 Å². The van der Waals surface area contributed by atoms with Crippen LogP contribution in [0.2, 0.25) is 0 Å². The molecule has 2 heterocycles. The highest BCUT2D eigenvalue weighted by Crippen LogP contribution is 2.26. The minimum Gasteiger partial charge on any atom is -0.381 e. The van der Waals surface area contributed by atoms with Crippen molar-refractivity contribution in [1.82, 2.24) is 9.78 Å². The van der Waals surface area contributed by atoms with Gasteiger partial charge in [-0.3, -0.25) is 9.48 Å². The van der Waals surface area contributed by atoms with E-state index in [4.69, 9.17) is 4.74 Å². The van der Waals surface area contributed by atoms with Crippen LogP contribution in [-0.2, 0) is 11.8 Å². The SMILES string of the molecule is CC(=O)c1cc(C2CCOCC2)nn1C. The first-order valence-electron chi connectivity index (χ1n) is 5.31. The van der Waals surface area contributed by atoms with Gasteiger partial charge in [-0.1, -0.05) is 0 Å². The third kappa shape index (κ3) is 2.09. The molecule has 0 aromatic carbocycles.